The van der Waals surface area contributed by atoms with Gasteiger partial charge in [-0.15, -0.1) is 0 Å². The third-order valence-corrected chi connectivity index (χ3v) is 4.65. The number of nitrogens with one attached hydrogen (secondary N) is 2. The van der Waals surface area contributed by atoms with Crippen molar-refractivity contribution in [2.45, 2.75) is 20.3 Å². The number of benzene rings is 2. The molecule has 0 aliphatic carbocycles. The van der Waals surface area contributed by atoms with Crippen molar-refractivity contribution in [1.82, 2.24) is 5.43 Å². The Morgan fingerprint density at radius 1 is 1.19 bits per heavy atom. The molecule has 2 N–H and O–H groups in total. The van der Waals surface area contributed by atoms with E-state index in [0.29, 0.717) is 22.2 Å². The topological polar surface area (TPSA) is 79.8 Å². The van der Waals surface area contributed by atoms with E-state index in [0.717, 1.165) is 10.0 Å². The van der Waals surface area contributed by atoms with Crippen molar-refractivity contribution in [2.75, 3.05) is 11.9 Å². The van der Waals surface area contributed by atoms with E-state index in [2.05, 4.69) is 31.8 Å². The Labute approximate surface area is 171 Å². The highest BCUT2D eigenvalue weighted by atomic mass is 79.9. The quantitative estimate of drug-likeness (QED) is 0.485. The van der Waals surface area contributed by atoms with Crippen LogP contribution in [-0.4, -0.2) is 24.1 Å². The predicted molar refractivity (Wildman–Crippen MR) is 110 cm³/mol. The van der Waals surface area contributed by atoms with Gasteiger partial charge in [-0.3, -0.25) is 9.59 Å². The van der Waals surface area contributed by atoms with E-state index in [9.17, 15) is 9.59 Å². The number of para-hydroxylation sites is 1. The lowest BCUT2D eigenvalue weighted by molar-refractivity contribution is -0.123. The summed E-state index contributed by atoms with van der Waals surface area (Å²) in [6, 6.07) is 12.4. The summed E-state index contributed by atoms with van der Waals surface area (Å²) < 4.78 is 6.38. The summed E-state index contributed by atoms with van der Waals surface area (Å²) in [5.74, 6) is -0.104. The van der Waals surface area contributed by atoms with Gasteiger partial charge in [0, 0.05) is 10.2 Å². The minimum Gasteiger partial charge on any atom is -0.484 e. The van der Waals surface area contributed by atoms with Crippen molar-refractivity contribution in [1.29, 1.82) is 0 Å². The zero-order valence-electron chi connectivity index (χ0n) is 14.9. The molecule has 0 atom stereocenters. The Balaban J connectivity index is 1.78. The van der Waals surface area contributed by atoms with E-state index in [-0.39, 0.29) is 18.9 Å². The lowest BCUT2D eigenvalue weighted by Crippen LogP contribution is -2.26. The van der Waals surface area contributed by atoms with E-state index >= 15 is 0 Å². The number of halogens is 2. The minimum absolute atomic E-state index is 0.0261. The maximum absolute atomic E-state index is 12.0. The maximum atomic E-state index is 12.0. The molecule has 0 aliphatic heterocycles. The fraction of sp³-hybridized carbons (Fsp3) is 0.211. The van der Waals surface area contributed by atoms with Crippen molar-refractivity contribution >= 4 is 50.7 Å². The number of hydrazone groups is 1. The van der Waals surface area contributed by atoms with Crippen LogP contribution in [0.2, 0.25) is 5.02 Å². The molecule has 0 bridgehead atoms. The average Bonchev–Trinajstić information content (AvgIpc) is 2.63. The molecular weight excluding hydrogens is 434 g/mol. The van der Waals surface area contributed by atoms with Gasteiger partial charge in [0.2, 0.25) is 5.91 Å². The number of nitrogens with zero attached hydrogens (tertiary/aromatic N) is 1. The van der Waals surface area contributed by atoms with E-state index in [1.807, 2.05) is 19.1 Å². The zero-order chi connectivity index (χ0) is 19.8. The number of hydrogen-bond donors (Lipinski definition) is 2. The van der Waals surface area contributed by atoms with Gasteiger partial charge in [-0.1, -0.05) is 39.7 Å². The molecule has 0 spiro atoms. The first-order chi connectivity index (χ1) is 12.8. The first-order valence-corrected chi connectivity index (χ1v) is 9.27. The SMILES string of the molecule is C/C(CC(=O)Nc1ccccc1Cl)=N\NC(=O)COc1ccc(Br)c(C)c1. The van der Waals surface area contributed by atoms with Gasteiger partial charge in [0.15, 0.2) is 6.61 Å². The Kier molecular flexibility index (Phi) is 7.82. The number of amides is 2. The van der Waals surface area contributed by atoms with Crippen LogP contribution in [0.5, 0.6) is 5.75 Å². The van der Waals surface area contributed by atoms with E-state index < -0.39 is 5.91 Å². The monoisotopic (exact) mass is 451 g/mol. The van der Waals surface area contributed by atoms with Gasteiger partial charge in [-0.25, -0.2) is 5.43 Å². The van der Waals surface area contributed by atoms with Crippen LogP contribution >= 0.6 is 27.5 Å². The molecule has 8 heteroatoms. The Bertz CT molecular complexity index is 871. The molecule has 27 heavy (non-hydrogen) atoms. The maximum Gasteiger partial charge on any atom is 0.277 e. The van der Waals surface area contributed by atoms with Gasteiger partial charge in [-0.05, 0) is 49.7 Å². The van der Waals surface area contributed by atoms with E-state index in [1.54, 1.807) is 37.3 Å². The fourth-order valence-electron chi connectivity index (χ4n) is 2.07. The number of hydrogen-bond acceptors (Lipinski definition) is 4. The summed E-state index contributed by atoms with van der Waals surface area (Å²) >= 11 is 9.39. The molecule has 2 rings (SSSR count). The lowest BCUT2D eigenvalue weighted by Gasteiger charge is -2.08. The van der Waals surface area contributed by atoms with Crippen LogP contribution in [0.1, 0.15) is 18.9 Å². The second-order valence-corrected chi connectivity index (χ2v) is 7.05. The van der Waals surface area contributed by atoms with Crippen molar-refractivity contribution in [3.63, 3.8) is 0 Å². The van der Waals surface area contributed by atoms with Crippen LogP contribution in [0.15, 0.2) is 52.0 Å². The molecule has 0 saturated carbocycles. The molecule has 0 radical (unpaired) electrons. The summed E-state index contributed by atoms with van der Waals surface area (Å²) in [6.07, 6.45) is 0.0261. The molecule has 2 amide bonds. The predicted octanol–water partition coefficient (Wildman–Crippen LogP) is 4.31. The van der Waals surface area contributed by atoms with Crippen molar-refractivity contribution in [3.05, 3.63) is 57.5 Å². The molecular formula is C19H19BrClN3O3. The van der Waals surface area contributed by atoms with Gasteiger partial charge in [0.05, 0.1) is 17.1 Å². The number of ether oxygens (including phenoxy) is 1. The smallest absolute Gasteiger partial charge is 0.277 e. The van der Waals surface area contributed by atoms with Gasteiger partial charge in [0.25, 0.3) is 5.91 Å². The molecule has 0 aliphatic rings. The fourth-order valence-corrected chi connectivity index (χ4v) is 2.50. The number of aryl methyl sites for hydroxylation is 1. The van der Waals surface area contributed by atoms with Gasteiger partial charge in [-0.2, -0.15) is 5.10 Å². The van der Waals surface area contributed by atoms with Crippen molar-refractivity contribution in [3.8, 4) is 5.75 Å². The average molecular weight is 453 g/mol. The summed E-state index contributed by atoms with van der Waals surface area (Å²) in [5.41, 5.74) is 4.35. The van der Waals surface area contributed by atoms with Crippen LogP contribution in [-0.2, 0) is 9.59 Å². The number of carbonyl (C=O) groups excluding carboxylic acids is 2. The van der Waals surface area contributed by atoms with Gasteiger partial charge >= 0.3 is 0 Å². The lowest BCUT2D eigenvalue weighted by atomic mass is 10.2. The highest BCUT2D eigenvalue weighted by Gasteiger charge is 2.08. The number of rotatable bonds is 7. The zero-order valence-corrected chi connectivity index (χ0v) is 17.2. The number of carbonyl (C=O) groups is 2. The summed E-state index contributed by atoms with van der Waals surface area (Å²) in [6.45, 7) is 3.40. The summed E-state index contributed by atoms with van der Waals surface area (Å²) in [4.78, 5) is 23.8. The van der Waals surface area contributed by atoms with Crippen LogP contribution < -0.4 is 15.5 Å². The highest BCUT2D eigenvalue weighted by Crippen LogP contribution is 2.21. The third kappa shape index (κ3) is 7.03. The first kappa shape index (κ1) is 20.9. The third-order valence-electron chi connectivity index (χ3n) is 3.44. The Hall–Kier alpha value is -2.38. The van der Waals surface area contributed by atoms with Crippen LogP contribution in [0, 0.1) is 6.92 Å². The molecule has 0 fully saturated rings. The Morgan fingerprint density at radius 2 is 1.93 bits per heavy atom. The molecule has 0 unspecified atom stereocenters. The standard InChI is InChI=1S/C19H19BrClN3O3/c1-12-9-14(7-8-15(12)20)27-11-19(26)24-23-13(2)10-18(25)22-17-6-4-3-5-16(17)21/h3-9H,10-11H2,1-2H3,(H,22,25)(H,24,26)/b23-13+. The van der Waals surface area contributed by atoms with Crippen molar-refractivity contribution in [2.24, 2.45) is 5.10 Å². The second kappa shape index (κ2) is 10.1. The largest absolute Gasteiger partial charge is 0.484 e. The normalized spacial score (nSPS) is 11.0. The summed E-state index contributed by atoms with van der Waals surface area (Å²) in [5, 5.41) is 7.05. The molecule has 0 saturated heterocycles. The van der Waals surface area contributed by atoms with Crippen LogP contribution in [0.4, 0.5) is 5.69 Å². The molecule has 142 valence electrons. The molecule has 6 nitrogen and oxygen atoms in total. The van der Waals surface area contributed by atoms with E-state index in [4.69, 9.17) is 16.3 Å². The van der Waals surface area contributed by atoms with Gasteiger partial charge < -0.3 is 10.1 Å². The molecule has 0 aromatic heterocycles. The summed E-state index contributed by atoms with van der Waals surface area (Å²) in [7, 11) is 0. The minimum atomic E-state index is -0.415. The molecule has 0 heterocycles. The van der Waals surface area contributed by atoms with Crippen LogP contribution in [0.25, 0.3) is 0 Å². The highest BCUT2D eigenvalue weighted by molar-refractivity contribution is 9.10. The second-order valence-electron chi connectivity index (χ2n) is 5.79. The number of anilines is 1. The Morgan fingerprint density at radius 3 is 2.63 bits per heavy atom. The molecule has 2 aromatic carbocycles. The van der Waals surface area contributed by atoms with E-state index in [1.165, 1.54) is 0 Å². The van der Waals surface area contributed by atoms with Crippen LogP contribution in [0.3, 0.4) is 0 Å². The molecule has 2 aromatic rings. The van der Waals surface area contributed by atoms with Gasteiger partial charge in [0.1, 0.15) is 5.75 Å². The first-order valence-electron chi connectivity index (χ1n) is 8.10. The van der Waals surface area contributed by atoms with Crippen molar-refractivity contribution < 1.29 is 14.3 Å².